The van der Waals surface area contributed by atoms with Crippen LogP contribution in [-0.2, 0) is 17.8 Å². The summed E-state index contributed by atoms with van der Waals surface area (Å²) in [6, 6.07) is 2.60. The van der Waals surface area contributed by atoms with E-state index in [-0.39, 0.29) is 19.6 Å². The summed E-state index contributed by atoms with van der Waals surface area (Å²) in [4.78, 5) is 30.4. The minimum absolute atomic E-state index is 0.201. The molecule has 10 heteroatoms. The van der Waals surface area contributed by atoms with Crippen LogP contribution in [0.25, 0.3) is 0 Å². The highest BCUT2D eigenvalue weighted by molar-refractivity contribution is 6.29. The molecule has 1 saturated heterocycles. The number of rotatable bonds is 3. The van der Waals surface area contributed by atoms with Crippen molar-refractivity contribution in [3.8, 4) is 0 Å². The number of aryl methyl sites for hydroxylation is 1. The van der Waals surface area contributed by atoms with Gasteiger partial charge in [0.05, 0.1) is 19.6 Å². The monoisotopic (exact) mass is 383 g/mol. The summed E-state index contributed by atoms with van der Waals surface area (Å²) in [5.74, 6) is 0.0735. The number of hydrogen-bond donors (Lipinski definition) is 0. The fourth-order valence-electron chi connectivity index (χ4n) is 3.47. The molecule has 1 fully saturated rings. The second kappa shape index (κ2) is 6.46. The Balaban J connectivity index is 1.57. The molecule has 0 radical (unpaired) electrons. The molecule has 7 nitrogen and oxygen atoms in total. The van der Waals surface area contributed by atoms with Gasteiger partial charge in [0, 0.05) is 12.6 Å². The van der Waals surface area contributed by atoms with E-state index >= 15 is 0 Å². The molecular formula is C16H16ClF2N5O2. The average molecular weight is 384 g/mol. The topological polar surface area (TPSA) is 73.0 Å². The second-order valence-electron chi connectivity index (χ2n) is 6.55. The summed E-state index contributed by atoms with van der Waals surface area (Å²) in [5.41, 5.74) is 0.329. The Bertz CT molecular complexity index is 887. The van der Waals surface area contributed by atoms with E-state index in [1.165, 1.54) is 9.25 Å². The summed E-state index contributed by atoms with van der Waals surface area (Å²) < 4.78 is 29.4. The van der Waals surface area contributed by atoms with Crippen LogP contribution in [0.3, 0.4) is 0 Å². The molecule has 3 atom stereocenters. The van der Waals surface area contributed by atoms with Crippen molar-refractivity contribution in [2.75, 3.05) is 13.1 Å². The molecule has 4 heterocycles. The lowest BCUT2D eigenvalue weighted by atomic mass is 10.2. The first-order chi connectivity index (χ1) is 12.4. The molecule has 2 aromatic heterocycles. The number of likely N-dealkylation sites (tertiary alicyclic amines) is 1. The fourth-order valence-corrected chi connectivity index (χ4v) is 3.58. The van der Waals surface area contributed by atoms with Crippen LogP contribution in [0.1, 0.15) is 23.9 Å². The number of carbonyl (C=O) groups is 1. The van der Waals surface area contributed by atoms with Gasteiger partial charge in [-0.25, -0.2) is 23.2 Å². The molecule has 138 valence electrons. The molecule has 1 amide bonds. The molecule has 2 aromatic rings. The number of hydrogen-bond acceptors (Lipinski definition) is 4. The van der Waals surface area contributed by atoms with Crippen molar-refractivity contribution >= 4 is 17.5 Å². The Morgan fingerprint density at radius 3 is 2.65 bits per heavy atom. The van der Waals surface area contributed by atoms with Gasteiger partial charge in [0.2, 0.25) is 5.91 Å². The highest BCUT2D eigenvalue weighted by Crippen LogP contribution is 2.27. The van der Waals surface area contributed by atoms with Gasteiger partial charge in [-0.3, -0.25) is 9.36 Å². The lowest BCUT2D eigenvalue weighted by Crippen LogP contribution is -2.39. The van der Waals surface area contributed by atoms with Gasteiger partial charge in [0.1, 0.15) is 17.0 Å². The zero-order chi connectivity index (χ0) is 18.4. The third-order valence-corrected chi connectivity index (χ3v) is 5.02. The molecule has 0 spiro atoms. The Morgan fingerprint density at radius 1 is 1.27 bits per heavy atom. The molecule has 2 aliphatic heterocycles. The Hall–Kier alpha value is -2.29. The van der Waals surface area contributed by atoms with Crippen LogP contribution in [0.5, 0.6) is 0 Å². The number of fused-ring (bicyclic) bond motifs is 1. The summed E-state index contributed by atoms with van der Waals surface area (Å²) in [5, 5.41) is 4.63. The zero-order valence-corrected chi connectivity index (χ0v) is 14.4. The van der Waals surface area contributed by atoms with Crippen LogP contribution in [0.2, 0.25) is 5.15 Å². The van der Waals surface area contributed by atoms with E-state index in [4.69, 9.17) is 11.6 Å². The summed E-state index contributed by atoms with van der Waals surface area (Å²) in [6.07, 6.45) is -0.920. The van der Waals surface area contributed by atoms with Crippen LogP contribution in [0, 0.1) is 0 Å². The van der Waals surface area contributed by atoms with Gasteiger partial charge < -0.3 is 4.90 Å². The molecule has 0 bridgehead atoms. The normalized spacial score (nSPS) is 24.9. The average Bonchev–Trinajstić information content (AvgIpc) is 3.26. The summed E-state index contributed by atoms with van der Waals surface area (Å²) in [6.45, 7) is -0.344. The van der Waals surface area contributed by atoms with Gasteiger partial charge in [-0.05, 0) is 18.1 Å². The summed E-state index contributed by atoms with van der Waals surface area (Å²) in [7, 11) is 0. The lowest BCUT2D eigenvalue weighted by molar-refractivity contribution is -0.133. The number of carbonyl (C=O) groups excluding carboxylic acids is 1. The smallest absolute Gasteiger partial charge is 0.335 e. The first kappa shape index (κ1) is 17.1. The maximum Gasteiger partial charge on any atom is 0.346 e. The van der Waals surface area contributed by atoms with Gasteiger partial charge >= 0.3 is 5.69 Å². The van der Waals surface area contributed by atoms with E-state index in [9.17, 15) is 18.4 Å². The molecule has 4 rings (SSSR count). The van der Waals surface area contributed by atoms with Crippen LogP contribution in [-0.4, -0.2) is 55.6 Å². The zero-order valence-electron chi connectivity index (χ0n) is 13.7. The van der Waals surface area contributed by atoms with E-state index in [2.05, 4.69) is 10.1 Å². The van der Waals surface area contributed by atoms with Crippen molar-refractivity contribution in [3.05, 3.63) is 45.4 Å². The molecule has 0 saturated carbocycles. The highest BCUT2D eigenvalue weighted by atomic mass is 35.5. The largest absolute Gasteiger partial charge is 0.346 e. The third kappa shape index (κ3) is 2.90. The predicted molar refractivity (Wildman–Crippen MR) is 88.6 cm³/mol. The number of nitrogens with zero attached hydrogens (tertiary/aromatic N) is 5. The van der Waals surface area contributed by atoms with E-state index in [0.717, 1.165) is 10.5 Å². The SMILES string of the molecule is O=C([C@H]1CCc2nn(Cc3ccc(Cl)nc3)c(=O)n21)N1C[C@@H](F)[C@@H](F)C1. The fraction of sp³-hybridized carbons (Fsp3) is 0.500. The number of aromatic nitrogens is 4. The number of alkyl halides is 2. The molecular weight excluding hydrogens is 368 g/mol. The van der Waals surface area contributed by atoms with Gasteiger partial charge in [-0.2, -0.15) is 5.10 Å². The molecule has 0 N–H and O–H groups in total. The van der Waals surface area contributed by atoms with Crippen LogP contribution < -0.4 is 5.69 Å². The molecule has 0 unspecified atom stereocenters. The number of halogens is 3. The van der Waals surface area contributed by atoms with Crippen molar-refractivity contribution in [1.82, 2.24) is 24.2 Å². The van der Waals surface area contributed by atoms with Crippen LogP contribution in [0.4, 0.5) is 8.78 Å². The quantitative estimate of drug-likeness (QED) is 0.745. The number of pyridine rings is 1. The molecule has 0 aliphatic carbocycles. The first-order valence-electron chi connectivity index (χ1n) is 8.29. The molecule has 26 heavy (non-hydrogen) atoms. The Labute approximate surface area is 152 Å². The Morgan fingerprint density at radius 2 is 2.00 bits per heavy atom. The van der Waals surface area contributed by atoms with Crippen molar-refractivity contribution in [2.24, 2.45) is 0 Å². The van der Waals surface area contributed by atoms with E-state index < -0.39 is 30.0 Å². The van der Waals surface area contributed by atoms with Crippen LogP contribution >= 0.6 is 11.6 Å². The van der Waals surface area contributed by atoms with Crippen molar-refractivity contribution in [2.45, 2.75) is 37.8 Å². The molecule has 0 aromatic carbocycles. The standard InChI is InChI=1S/C16H16ClF2N5O2/c17-13-3-1-9(5-20-13)6-23-16(26)24-12(2-4-14(24)21-23)15(25)22-7-10(18)11(19)8-22/h1,3,5,10-12H,2,4,6-8H2/t10-,11+,12-/m1/s1. The number of amides is 1. The van der Waals surface area contributed by atoms with E-state index in [1.807, 2.05) is 0 Å². The van der Waals surface area contributed by atoms with Gasteiger partial charge in [0.15, 0.2) is 12.3 Å². The maximum absolute atomic E-state index is 13.4. The van der Waals surface area contributed by atoms with Crippen molar-refractivity contribution in [3.63, 3.8) is 0 Å². The van der Waals surface area contributed by atoms with Gasteiger partial charge in [0.25, 0.3) is 0 Å². The van der Waals surface area contributed by atoms with Gasteiger partial charge in [-0.1, -0.05) is 17.7 Å². The van der Waals surface area contributed by atoms with E-state index in [0.29, 0.717) is 23.8 Å². The highest BCUT2D eigenvalue weighted by Gasteiger charge is 2.41. The minimum Gasteiger partial charge on any atom is -0.335 e. The molecule has 2 aliphatic rings. The third-order valence-electron chi connectivity index (χ3n) is 4.79. The lowest BCUT2D eigenvalue weighted by Gasteiger charge is -2.20. The maximum atomic E-state index is 13.4. The van der Waals surface area contributed by atoms with Crippen molar-refractivity contribution < 1.29 is 13.6 Å². The summed E-state index contributed by atoms with van der Waals surface area (Å²) >= 11 is 5.75. The van der Waals surface area contributed by atoms with Crippen LogP contribution in [0.15, 0.2) is 23.1 Å². The van der Waals surface area contributed by atoms with Gasteiger partial charge in [-0.15, -0.1) is 0 Å². The predicted octanol–water partition coefficient (Wildman–Crippen LogP) is 1.15. The Kier molecular flexibility index (Phi) is 4.26. The first-order valence-corrected chi connectivity index (χ1v) is 8.67. The second-order valence-corrected chi connectivity index (χ2v) is 6.93. The van der Waals surface area contributed by atoms with Crippen molar-refractivity contribution in [1.29, 1.82) is 0 Å². The minimum atomic E-state index is -1.67. The van der Waals surface area contributed by atoms with E-state index in [1.54, 1.807) is 18.3 Å².